The number of halogens is 1. The third kappa shape index (κ3) is 6.38. The lowest BCUT2D eigenvalue weighted by atomic mass is 10.1. The van der Waals surface area contributed by atoms with E-state index in [0.29, 0.717) is 23.7 Å². The molecule has 3 aromatic rings. The van der Waals surface area contributed by atoms with Crippen molar-refractivity contribution < 1.29 is 9.59 Å². The van der Waals surface area contributed by atoms with E-state index in [9.17, 15) is 9.59 Å². The van der Waals surface area contributed by atoms with E-state index >= 15 is 0 Å². The number of carbonyl (C=O) groups excluding carboxylic acids is 2. The quantitative estimate of drug-likeness (QED) is 0.426. The maximum Gasteiger partial charge on any atom is 0.251 e. The molecule has 2 heterocycles. The molecular formula is C27H33ClN4O2. The Morgan fingerprint density at radius 1 is 0.912 bits per heavy atom. The molecule has 1 aliphatic rings. The van der Waals surface area contributed by atoms with E-state index in [1.807, 2.05) is 29.2 Å². The SMILES string of the molecule is O=C(NCCCCCc1nc2ccccc2n1CC(=O)N1CCCCCC1)c1ccc(Cl)cc1. The number of nitrogens with one attached hydrogen (secondary N) is 1. The third-order valence-corrected chi connectivity index (χ3v) is 6.71. The first-order chi connectivity index (χ1) is 16.6. The molecule has 7 heteroatoms. The topological polar surface area (TPSA) is 67.2 Å². The molecule has 2 aromatic carbocycles. The highest BCUT2D eigenvalue weighted by atomic mass is 35.5. The highest BCUT2D eigenvalue weighted by Crippen LogP contribution is 2.19. The van der Waals surface area contributed by atoms with Crippen LogP contribution in [-0.2, 0) is 17.8 Å². The van der Waals surface area contributed by atoms with E-state index < -0.39 is 0 Å². The molecule has 1 aromatic heterocycles. The Morgan fingerprint density at radius 2 is 1.65 bits per heavy atom. The number of para-hydroxylation sites is 2. The molecule has 6 nitrogen and oxygen atoms in total. The van der Waals surface area contributed by atoms with E-state index in [2.05, 4.69) is 9.88 Å². The Labute approximate surface area is 206 Å². The van der Waals surface area contributed by atoms with Crippen LogP contribution < -0.4 is 5.32 Å². The Hall–Kier alpha value is -2.86. The molecule has 1 fully saturated rings. The number of nitrogens with zero attached hydrogens (tertiary/aromatic N) is 3. The summed E-state index contributed by atoms with van der Waals surface area (Å²) in [7, 11) is 0. The zero-order valence-corrected chi connectivity index (χ0v) is 20.4. The smallest absolute Gasteiger partial charge is 0.251 e. The molecular weight excluding hydrogens is 448 g/mol. The van der Waals surface area contributed by atoms with Crippen molar-refractivity contribution in [3.05, 3.63) is 64.9 Å². The molecule has 1 N–H and O–H groups in total. The predicted molar refractivity (Wildman–Crippen MR) is 136 cm³/mol. The van der Waals surface area contributed by atoms with Crippen LogP contribution in [0.5, 0.6) is 0 Å². The summed E-state index contributed by atoms with van der Waals surface area (Å²) in [6.07, 6.45) is 8.25. The second kappa shape index (κ2) is 12.0. The van der Waals surface area contributed by atoms with E-state index in [-0.39, 0.29) is 11.8 Å². The van der Waals surface area contributed by atoms with Crippen molar-refractivity contribution in [2.24, 2.45) is 0 Å². The first-order valence-electron chi connectivity index (χ1n) is 12.4. The van der Waals surface area contributed by atoms with Gasteiger partial charge < -0.3 is 14.8 Å². The summed E-state index contributed by atoms with van der Waals surface area (Å²) >= 11 is 5.88. The minimum absolute atomic E-state index is 0.0783. The molecule has 0 radical (unpaired) electrons. The van der Waals surface area contributed by atoms with Gasteiger partial charge in [0, 0.05) is 36.6 Å². The minimum atomic E-state index is -0.0783. The summed E-state index contributed by atoms with van der Waals surface area (Å²) in [5.41, 5.74) is 2.58. The van der Waals surface area contributed by atoms with Gasteiger partial charge in [-0.1, -0.05) is 43.0 Å². The van der Waals surface area contributed by atoms with E-state index in [1.54, 1.807) is 24.3 Å². The highest BCUT2D eigenvalue weighted by Gasteiger charge is 2.19. The van der Waals surface area contributed by atoms with E-state index in [1.165, 1.54) is 12.8 Å². The van der Waals surface area contributed by atoms with Crippen molar-refractivity contribution in [3.63, 3.8) is 0 Å². The summed E-state index contributed by atoms with van der Waals surface area (Å²) in [6, 6.07) is 15.0. The molecule has 0 aliphatic carbocycles. The second-order valence-corrected chi connectivity index (χ2v) is 9.41. The van der Waals surface area contributed by atoms with Gasteiger partial charge in [0.25, 0.3) is 5.91 Å². The van der Waals surface area contributed by atoms with Crippen molar-refractivity contribution in [1.29, 1.82) is 0 Å². The van der Waals surface area contributed by atoms with Crippen LogP contribution in [0.1, 0.15) is 61.1 Å². The minimum Gasteiger partial charge on any atom is -0.352 e. The van der Waals surface area contributed by atoms with Crippen molar-refractivity contribution in [3.8, 4) is 0 Å². The zero-order valence-electron chi connectivity index (χ0n) is 19.6. The monoisotopic (exact) mass is 480 g/mol. The van der Waals surface area contributed by atoms with Crippen LogP contribution in [0.25, 0.3) is 11.0 Å². The lowest BCUT2D eigenvalue weighted by molar-refractivity contribution is -0.131. The molecule has 2 amide bonds. The van der Waals surface area contributed by atoms with Gasteiger partial charge in [-0.15, -0.1) is 0 Å². The summed E-state index contributed by atoms with van der Waals surface area (Å²) in [6.45, 7) is 2.71. The number of aryl methyl sites for hydroxylation is 1. The van der Waals surface area contributed by atoms with Crippen LogP contribution in [0.2, 0.25) is 5.02 Å². The molecule has 34 heavy (non-hydrogen) atoms. The van der Waals surface area contributed by atoms with Gasteiger partial charge >= 0.3 is 0 Å². The van der Waals surface area contributed by atoms with Crippen molar-refractivity contribution in [2.75, 3.05) is 19.6 Å². The molecule has 0 saturated carbocycles. The van der Waals surface area contributed by atoms with Crippen LogP contribution >= 0.6 is 11.6 Å². The van der Waals surface area contributed by atoms with Crippen LogP contribution in [-0.4, -0.2) is 45.9 Å². The average Bonchev–Trinajstić information content (AvgIpc) is 3.00. The van der Waals surface area contributed by atoms with Gasteiger partial charge in [-0.3, -0.25) is 9.59 Å². The van der Waals surface area contributed by atoms with Crippen LogP contribution in [0.3, 0.4) is 0 Å². The Balaban J connectivity index is 1.29. The fraction of sp³-hybridized carbons (Fsp3) is 0.444. The number of hydrogen-bond donors (Lipinski definition) is 1. The van der Waals surface area contributed by atoms with E-state index in [4.69, 9.17) is 16.6 Å². The number of imidazole rings is 1. The van der Waals surface area contributed by atoms with Gasteiger partial charge in [0.1, 0.15) is 12.4 Å². The molecule has 180 valence electrons. The van der Waals surface area contributed by atoms with Gasteiger partial charge in [0.2, 0.25) is 5.91 Å². The van der Waals surface area contributed by atoms with Gasteiger partial charge in [-0.25, -0.2) is 4.98 Å². The second-order valence-electron chi connectivity index (χ2n) is 8.97. The number of unbranched alkanes of at least 4 members (excludes halogenated alkanes) is 2. The van der Waals surface area contributed by atoms with Gasteiger partial charge in [-0.2, -0.15) is 0 Å². The number of amides is 2. The van der Waals surface area contributed by atoms with Crippen molar-refractivity contribution in [2.45, 2.75) is 57.9 Å². The third-order valence-electron chi connectivity index (χ3n) is 6.45. The largest absolute Gasteiger partial charge is 0.352 e. The molecule has 0 bridgehead atoms. The number of benzene rings is 2. The standard InChI is InChI=1S/C27H33ClN4O2/c28-22-15-13-21(14-16-22)27(34)29-17-7-3-4-12-25-30-23-10-5-6-11-24(23)32(25)20-26(33)31-18-8-1-2-9-19-31/h5-6,10-11,13-16H,1-4,7-9,12,17-20H2,(H,29,34). The van der Waals surface area contributed by atoms with Crippen LogP contribution in [0.15, 0.2) is 48.5 Å². The number of carbonyl (C=O) groups is 2. The number of rotatable bonds is 9. The van der Waals surface area contributed by atoms with Crippen LogP contribution in [0.4, 0.5) is 0 Å². The first kappa shape index (κ1) is 24.3. The molecule has 1 aliphatic heterocycles. The summed E-state index contributed by atoms with van der Waals surface area (Å²) in [5, 5.41) is 3.59. The molecule has 0 atom stereocenters. The number of aromatic nitrogens is 2. The maximum atomic E-state index is 13.1. The average molecular weight is 481 g/mol. The van der Waals surface area contributed by atoms with Gasteiger partial charge in [0.15, 0.2) is 0 Å². The van der Waals surface area contributed by atoms with Gasteiger partial charge in [-0.05, 0) is 62.1 Å². The van der Waals surface area contributed by atoms with E-state index in [0.717, 1.165) is 68.5 Å². The van der Waals surface area contributed by atoms with Crippen LogP contribution in [0, 0.1) is 0 Å². The number of hydrogen-bond acceptors (Lipinski definition) is 3. The molecule has 1 saturated heterocycles. The Kier molecular flexibility index (Phi) is 8.58. The molecule has 0 unspecified atom stereocenters. The Morgan fingerprint density at radius 3 is 2.41 bits per heavy atom. The molecule has 0 spiro atoms. The summed E-state index contributed by atoms with van der Waals surface area (Å²) in [4.78, 5) is 32.1. The lowest BCUT2D eigenvalue weighted by Crippen LogP contribution is -2.34. The summed E-state index contributed by atoms with van der Waals surface area (Å²) in [5.74, 6) is 1.08. The van der Waals surface area contributed by atoms with Crippen molar-refractivity contribution in [1.82, 2.24) is 19.8 Å². The predicted octanol–water partition coefficient (Wildman–Crippen LogP) is 5.24. The maximum absolute atomic E-state index is 13.1. The summed E-state index contributed by atoms with van der Waals surface area (Å²) < 4.78 is 2.10. The zero-order chi connectivity index (χ0) is 23.8. The number of likely N-dealkylation sites (tertiary alicyclic amines) is 1. The molecule has 4 rings (SSSR count). The normalized spacial score (nSPS) is 14.2. The Bertz CT molecular complexity index is 1100. The first-order valence-corrected chi connectivity index (χ1v) is 12.8. The fourth-order valence-corrected chi connectivity index (χ4v) is 4.66. The number of fused-ring (bicyclic) bond motifs is 1. The highest BCUT2D eigenvalue weighted by molar-refractivity contribution is 6.30. The fourth-order valence-electron chi connectivity index (χ4n) is 4.54. The lowest BCUT2D eigenvalue weighted by Gasteiger charge is -2.21. The van der Waals surface area contributed by atoms with Gasteiger partial charge in [0.05, 0.1) is 11.0 Å². The van der Waals surface area contributed by atoms with Crippen molar-refractivity contribution >= 4 is 34.4 Å².